The first-order chi connectivity index (χ1) is 60.5. The molecule has 0 N–H and O–H groups in total. The van der Waals surface area contributed by atoms with Crippen molar-refractivity contribution in [2.45, 2.75) is 0 Å². The van der Waals surface area contributed by atoms with Crippen LogP contribution in [0.5, 0.6) is 0 Å². The van der Waals surface area contributed by atoms with Gasteiger partial charge >= 0.3 is 0 Å². The number of nitrogens with zero attached hydrogens (tertiary/aromatic N) is 6. The van der Waals surface area contributed by atoms with E-state index in [1.807, 2.05) is 0 Å². The molecule has 0 spiro atoms. The van der Waals surface area contributed by atoms with Gasteiger partial charge in [0.25, 0.3) is 0 Å². The van der Waals surface area contributed by atoms with Gasteiger partial charge in [0.1, 0.15) is 0 Å². The standard InChI is InChI=1S/C116H84N6/c1-7-26-85(27-8-1)86-48-60-102(61-49-86)121(109-78-76-108(77-79-109)119(98-39-15-5-16-40-98)107-74-72-106(73-75-107)117(95-33-9-2-10-34-95)96-35-11-3-12-36-96)110-80-82-111(83-81-110)122(99-41-17-6-18-42-99)112-43-23-32-94(84-112)89-54-66-103(67-55-89)120(105-70-58-93(59-71-105)116-47-25-31-91-29-20-22-45-114(91)116)101-64-52-88(53-65-101)87-50-62-100(63-51-87)118(97-37-13-4-14-38-97)104-68-56-92(57-69-104)115-46-24-30-90-28-19-21-44-113(90)115/h1-84H. The van der Waals surface area contributed by atoms with Crippen LogP contribution in [0.25, 0.3) is 77.2 Å². The summed E-state index contributed by atoms with van der Waals surface area (Å²) < 4.78 is 0. The average Bonchev–Trinajstić information content (AvgIpc) is 0.788. The second-order valence-electron chi connectivity index (χ2n) is 30.5. The van der Waals surface area contributed by atoms with Gasteiger partial charge in [-0.15, -0.1) is 0 Å². The summed E-state index contributed by atoms with van der Waals surface area (Å²) in [6.07, 6.45) is 0. The number of anilines is 18. The van der Waals surface area contributed by atoms with Crippen molar-refractivity contribution in [3.05, 3.63) is 510 Å². The molecule has 0 amide bonds. The van der Waals surface area contributed by atoms with Crippen molar-refractivity contribution >= 4 is 124 Å². The molecular weight excluding hydrogens is 1480 g/mol. The molecule has 0 aromatic heterocycles. The molecule has 20 rings (SSSR count). The van der Waals surface area contributed by atoms with E-state index in [1.54, 1.807) is 0 Å². The Kier molecular flexibility index (Phi) is 20.8. The first-order valence-electron chi connectivity index (χ1n) is 41.6. The number of fused-ring (bicyclic) bond motifs is 2. The molecule has 0 heterocycles. The summed E-state index contributed by atoms with van der Waals surface area (Å²) in [4.78, 5) is 14.0. The molecule has 0 saturated carbocycles. The largest absolute Gasteiger partial charge is 0.311 e. The van der Waals surface area contributed by atoms with Gasteiger partial charge in [0.05, 0.1) is 0 Å². The van der Waals surface area contributed by atoms with Crippen LogP contribution in [0.3, 0.4) is 0 Å². The molecule has 0 aliphatic rings. The van der Waals surface area contributed by atoms with E-state index in [0.717, 1.165) is 130 Å². The van der Waals surface area contributed by atoms with Gasteiger partial charge in [-0.2, -0.15) is 0 Å². The van der Waals surface area contributed by atoms with Crippen molar-refractivity contribution in [3.63, 3.8) is 0 Å². The highest BCUT2D eigenvalue weighted by Gasteiger charge is 2.23. The van der Waals surface area contributed by atoms with Crippen molar-refractivity contribution in [2.24, 2.45) is 0 Å². The lowest BCUT2D eigenvalue weighted by atomic mass is 9.98. The summed E-state index contributed by atoms with van der Waals surface area (Å²) >= 11 is 0. The van der Waals surface area contributed by atoms with E-state index < -0.39 is 0 Å². The van der Waals surface area contributed by atoms with E-state index in [0.29, 0.717) is 0 Å². The molecule has 0 unspecified atom stereocenters. The molecule has 122 heavy (non-hydrogen) atoms. The van der Waals surface area contributed by atoms with E-state index >= 15 is 0 Å². The molecule has 0 bridgehead atoms. The quantitative estimate of drug-likeness (QED) is 0.0631. The van der Waals surface area contributed by atoms with Crippen LogP contribution in [0.2, 0.25) is 0 Å². The Morgan fingerprint density at radius 2 is 0.262 bits per heavy atom. The normalized spacial score (nSPS) is 11.1. The van der Waals surface area contributed by atoms with Gasteiger partial charge in [-0.05, 0) is 296 Å². The van der Waals surface area contributed by atoms with Crippen LogP contribution in [0, 0.1) is 0 Å². The lowest BCUT2D eigenvalue weighted by Gasteiger charge is -2.30. The molecule has 6 nitrogen and oxygen atoms in total. The van der Waals surface area contributed by atoms with Gasteiger partial charge in [0, 0.05) is 102 Å². The maximum absolute atomic E-state index is 2.37. The Balaban J connectivity index is 0.602. The number of benzene rings is 20. The van der Waals surface area contributed by atoms with Gasteiger partial charge in [0.2, 0.25) is 0 Å². The number of para-hydroxylation sites is 5. The zero-order chi connectivity index (χ0) is 81.3. The van der Waals surface area contributed by atoms with E-state index in [-0.39, 0.29) is 0 Å². The predicted octanol–water partition coefficient (Wildman–Crippen LogP) is 33.1. The SMILES string of the molecule is c1ccc(-c2ccc(N(c3ccc(N(c4ccccc4)c4ccc(N(c5ccccc5)c5ccccc5)cc4)cc3)c3ccc(N(c4ccccc4)c4cccc(-c5ccc(N(c6ccc(-c7ccc(N(c8ccccc8)c8ccc(-c9cccc%10ccccc9%10)cc8)cc7)cc6)c6ccc(-c7cccc8ccccc78)cc6)cc5)c4)cc3)cc2)cc1. The highest BCUT2D eigenvalue weighted by atomic mass is 15.2. The maximum Gasteiger partial charge on any atom is 0.0467 e. The molecule has 6 heteroatoms. The third-order valence-corrected chi connectivity index (χ3v) is 23.0. The zero-order valence-corrected chi connectivity index (χ0v) is 67.2. The first kappa shape index (κ1) is 74.5. The first-order valence-corrected chi connectivity index (χ1v) is 41.6. The predicted molar refractivity (Wildman–Crippen MR) is 517 cm³/mol. The lowest BCUT2D eigenvalue weighted by molar-refractivity contribution is 1.24. The van der Waals surface area contributed by atoms with E-state index in [9.17, 15) is 0 Å². The Morgan fingerprint density at radius 1 is 0.0984 bits per heavy atom. The Labute approximate surface area is 713 Å². The fourth-order valence-corrected chi connectivity index (χ4v) is 17.0. The van der Waals surface area contributed by atoms with Crippen molar-refractivity contribution < 1.29 is 0 Å². The molecule has 0 saturated heterocycles. The van der Waals surface area contributed by atoms with Crippen LogP contribution in [-0.4, -0.2) is 0 Å². The molecule has 578 valence electrons. The molecule has 20 aromatic rings. The van der Waals surface area contributed by atoms with Crippen LogP contribution >= 0.6 is 0 Å². The van der Waals surface area contributed by atoms with Crippen molar-refractivity contribution in [1.82, 2.24) is 0 Å². The minimum atomic E-state index is 1.02. The van der Waals surface area contributed by atoms with Crippen molar-refractivity contribution in [2.75, 3.05) is 29.4 Å². The van der Waals surface area contributed by atoms with Gasteiger partial charge in [-0.3, -0.25) is 0 Å². The molecule has 0 aliphatic carbocycles. The van der Waals surface area contributed by atoms with E-state index in [1.165, 1.54) is 49.4 Å². The molecular formula is C116H84N6. The fraction of sp³-hybridized carbons (Fsp3) is 0. The second-order valence-corrected chi connectivity index (χ2v) is 30.5. The van der Waals surface area contributed by atoms with Crippen LogP contribution in [0.15, 0.2) is 510 Å². The number of hydrogen-bond donors (Lipinski definition) is 0. The van der Waals surface area contributed by atoms with E-state index in [4.69, 9.17) is 0 Å². The van der Waals surface area contributed by atoms with Crippen LogP contribution < -0.4 is 29.4 Å². The van der Waals surface area contributed by atoms with Crippen LogP contribution in [0.1, 0.15) is 0 Å². The molecule has 20 aromatic carbocycles. The molecule has 0 radical (unpaired) electrons. The third-order valence-electron chi connectivity index (χ3n) is 23.0. The molecule has 0 atom stereocenters. The molecule has 0 aliphatic heterocycles. The second kappa shape index (κ2) is 34.1. The third kappa shape index (κ3) is 15.5. The van der Waals surface area contributed by atoms with Gasteiger partial charge in [0.15, 0.2) is 0 Å². The highest BCUT2D eigenvalue weighted by molar-refractivity contribution is 5.99. The van der Waals surface area contributed by atoms with Gasteiger partial charge in [-0.1, -0.05) is 291 Å². The average molecular weight is 1560 g/mol. The smallest absolute Gasteiger partial charge is 0.0467 e. The van der Waals surface area contributed by atoms with Crippen molar-refractivity contribution in [3.8, 4) is 55.6 Å². The summed E-state index contributed by atoms with van der Waals surface area (Å²) in [5, 5.41) is 4.94. The maximum atomic E-state index is 2.37. The number of rotatable bonds is 23. The Morgan fingerprint density at radius 3 is 0.533 bits per heavy atom. The van der Waals surface area contributed by atoms with Crippen LogP contribution in [-0.2, 0) is 0 Å². The fourth-order valence-electron chi connectivity index (χ4n) is 17.0. The molecule has 0 fully saturated rings. The van der Waals surface area contributed by atoms with Crippen LogP contribution in [0.4, 0.5) is 102 Å². The number of hydrogen-bond acceptors (Lipinski definition) is 6. The Bertz CT molecular complexity index is 6860. The summed E-state index contributed by atoms with van der Waals surface area (Å²) in [6, 6.07) is 184. The summed E-state index contributed by atoms with van der Waals surface area (Å²) in [6.45, 7) is 0. The lowest BCUT2D eigenvalue weighted by Crippen LogP contribution is -2.13. The van der Waals surface area contributed by atoms with Crippen molar-refractivity contribution in [1.29, 1.82) is 0 Å². The zero-order valence-electron chi connectivity index (χ0n) is 67.2. The summed E-state index contributed by atoms with van der Waals surface area (Å²) in [7, 11) is 0. The van der Waals surface area contributed by atoms with E-state index in [2.05, 4.69) is 539 Å². The van der Waals surface area contributed by atoms with Gasteiger partial charge < -0.3 is 29.4 Å². The summed E-state index contributed by atoms with van der Waals surface area (Å²) in [5.41, 5.74) is 30.6. The Hall–Kier alpha value is -16.3. The monoisotopic (exact) mass is 1560 g/mol. The van der Waals surface area contributed by atoms with Gasteiger partial charge in [-0.25, -0.2) is 0 Å². The minimum Gasteiger partial charge on any atom is -0.311 e. The topological polar surface area (TPSA) is 19.4 Å². The minimum absolute atomic E-state index is 1.02. The highest BCUT2D eigenvalue weighted by Crippen LogP contribution is 2.47. The summed E-state index contributed by atoms with van der Waals surface area (Å²) in [5.74, 6) is 0.